The molecule has 0 radical (unpaired) electrons. The van der Waals surface area contributed by atoms with E-state index in [1.54, 1.807) is 0 Å². The van der Waals surface area contributed by atoms with Crippen LogP contribution in [-0.4, -0.2) is 71.1 Å². The van der Waals surface area contributed by atoms with Gasteiger partial charge in [0.25, 0.3) is 0 Å². The lowest BCUT2D eigenvalue weighted by Crippen LogP contribution is -2.49. The van der Waals surface area contributed by atoms with Crippen molar-refractivity contribution in [3.8, 4) is 0 Å². The van der Waals surface area contributed by atoms with Crippen molar-refractivity contribution in [1.82, 2.24) is 0 Å². The Labute approximate surface area is 191 Å². The van der Waals surface area contributed by atoms with E-state index < -0.39 is 90.3 Å². The second kappa shape index (κ2) is 8.63. The maximum atomic E-state index is 12.7. The van der Waals surface area contributed by atoms with Gasteiger partial charge >= 0.3 is 35.5 Å². The molecule has 0 aromatic rings. The normalized spacial score (nSPS) is 44.8. The number of rotatable bonds is 0. The third-order valence-electron chi connectivity index (χ3n) is 6.29. The summed E-state index contributed by atoms with van der Waals surface area (Å²) in [7, 11) is 0. The topological polar surface area (TPSA) is 0 Å². The van der Waals surface area contributed by atoms with E-state index in [-0.39, 0.29) is 20.8 Å². The zero-order chi connectivity index (χ0) is 29.4. The van der Waals surface area contributed by atoms with Crippen LogP contribution in [0.1, 0.15) is 40.0 Å². The Hall–Kier alpha value is -1.26. The van der Waals surface area contributed by atoms with Gasteiger partial charge in [-0.2, -0.15) is 52.7 Å². The molecular weight excluding hydrogens is 558 g/mol. The van der Waals surface area contributed by atoms with Gasteiger partial charge in [0.05, 0.1) is 19.3 Å². The first-order valence-corrected chi connectivity index (χ1v) is 9.64. The van der Waals surface area contributed by atoms with Crippen LogP contribution in [0.3, 0.4) is 0 Å². The fraction of sp³-hybridized carbons (Fsp3) is 1.00. The number of alkyl halides is 18. The zero-order valence-corrected chi connectivity index (χ0v) is 18.2. The molecule has 216 valence electrons. The molecular formula is C18H18F18. The average molecular weight is 576 g/mol. The molecule has 3 aliphatic rings. The summed E-state index contributed by atoms with van der Waals surface area (Å²) in [6, 6.07) is 0. The van der Waals surface area contributed by atoms with Crippen LogP contribution in [0.25, 0.3) is 0 Å². The van der Waals surface area contributed by atoms with Gasteiger partial charge in [-0.15, -0.1) is 0 Å². The van der Waals surface area contributed by atoms with E-state index >= 15 is 0 Å². The highest BCUT2D eigenvalue weighted by atomic mass is 19.3. The van der Waals surface area contributed by atoms with Gasteiger partial charge in [0, 0.05) is 0 Å². The van der Waals surface area contributed by atoms with Crippen molar-refractivity contribution in [1.29, 1.82) is 0 Å². The Morgan fingerprint density at radius 2 is 0.500 bits per heavy atom. The Bertz CT molecular complexity index is 693. The van der Waals surface area contributed by atoms with Crippen LogP contribution < -0.4 is 0 Å². The predicted octanol–water partition coefficient (Wildman–Crippen LogP) is 8.18. The Morgan fingerprint density at radius 3 is 0.528 bits per heavy atom. The largest absolute Gasteiger partial charge is 0.346 e. The first kappa shape index (κ1) is 32.8. The van der Waals surface area contributed by atoms with E-state index in [1.807, 2.05) is 0 Å². The van der Waals surface area contributed by atoms with Crippen molar-refractivity contribution in [2.75, 3.05) is 0 Å². The average Bonchev–Trinajstić information content (AvgIpc) is 2.89. The molecule has 36 heavy (non-hydrogen) atoms. The van der Waals surface area contributed by atoms with E-state index in [9.17, 15) is 79.0 Å². The lowest BCUT2D eigenvalue weighted by atomic mass is 10.0. The van der Waals surface area contributed by atoms with Crippen molar-refractivity contribution in [2.45, 2.75) is 111 Å². The third kappa shape index (κ3) is 4.49. The highest BCUT2D eigenvalue weighted by molar-refractivity contribution is 5.13. The smallest absolute Gasteiger partial charge is 0.243 e. The first-order chi connectivity index (χ1) is 15.4. The fourth-order valence-electron chi connectivity index (χ4n) is 3.30. The van der Waals surface area contributed by atoms with E-state index in [2.05, 4.69) is 0 Å². The Morgan fingerprint density at radius 1 is 0.361 bits per heavy atom. The molecule has 0 spiro atoms. The molecule has 0 amide bonds. The molecule has 0 aromatic carbocycles. The molecule has 3 aliphatic carbocycles. The SMILES string of the molecule is CC1(F)C(F)CC(F)(F)C1(F)F.CC1(F)[C@@H](F)CC(F)(F)C1(F)F.CC1(F)[C@H](F)CC(F)(F)C1(F)F. The molecule has 3 saturated carbocycles. The quantitative estimate of drug-likeness (QED) is 0.255. The standard InChI is InChI=1S/3C6H6F6/c3*1-4(8)3(7)2-5(9,10)6(4,11)12/h3*3H,2H2,1H3/t2*3-,4?;/m10./s1. The third-order valence-corrected chi connectivity index (χ3v) is 6.29. The molecule has 0 aliphatic heterocycles. The summed E-state index contributed by atoms with van der Waals surface area (Å²) < 4.78 is 223. The molecule has 0 saturated heterocycles. The van der Waals surface area contributed by atoms with Gasteiger partial charge in [-0.3, -0.25) is 0 Å². The van der Waals surface area contributed by atoms with Gasteiger partial charge < -0.3 is 0 Å². The number of halogens is 18. The van der Waals surface area contributed by atoms with Crippen LogP contribution in [0.5, 0.6) is 0 Å². The minimum atomic E-state index is -4.92. The van der Waals surface area contributed by atoms with E-state index in [0.717, 1.165) is 0 Å². The van der Waals surface area contributed by atoms with Gasteiger partial charge in [-0.25, -0.2) is 26.3 Å². The van der Waals surface area contributed by atoms with Crippen molar-refractivity contribution in [2.24, 2.45) is 0 Å². The Kier molecular flexibility index (Phi) is 7.85. The molecule has 6 atom stereocenters. The number of hydrogen-bond acceptors (Lipinski definition) is 0. The number of hydrogen-bond donors (Lipinski definition) is 0. The lowest BCUT2D eigenvalue weighted by molar-refractivity contribution is -0.233. The summed E-state index contributed by atoms with van der Waals surface area (Å²) in [4.78, 5) is 0. The van der Waals surface area contributed by atoms with Crippen LogP contribution in [0, 0.1) is 0 Å². The lowest BCUT2D eigenvalue weighted by Gasteiger charge is -2.26. The van der Waals surface area contributed by atoms with Gasteiger partial charge in [-0.05, 0) is 20.8 Å². The Balaban J connectivity index is 0.000000270. The summed E-state index contributed by atoms with van der Waals surface area (Å²) in [5.41, 5.74) is -11.3. The molecule has 0 nitrogen and oxygen atoms in total. The molecule has 0 N–H and O–H groups in total. The molecule has 0 bridgehead atoms. The molecule has 0 aromatic heterocycles. The van der Waals surface area contributed by atoms with Crippen molar-refractivity contribution in [3.05, 3.63) is 0 Å². The summed E-state index contributed by atoms with van der Waals surface area (Å²) in [5, 5.41) is 0. The van der Waals surface area contributed by atoms with Crippen LogP contribution in [0.2, 0.25) is 0 Å². The van der Waals surface area contributed by atoms with Crippen molar-refractivity contribution < 1.29 is 79.0 Å². The van der Waals surface area contributed by atoms with Crippen LogP contribution in [-0.2, 0) is 0 Å². The summed E-state index contributed by atoms with van der Waals surface area (Å²) >= 11 is 0. The fourth-order valence-corrected chi connectivity index (χ4v) is 3.30. The predicted molar refractivity (Wildman–Crippen MR) is 86.8 cm³/mol. The van der Waals surface area contributed by atoms with Crippen LogP contribution >= 0.6 is 0 Å². The van der Waals surface area contributed by atoms with E-state index in [1.165, 1.54) is 0 Å². The minimum Gasteiger partial charge on any atom is -0.243 e. The maximum Gasteiger partial charge on any atom is 0.346 e. The minimum absolute atomic E-state index is 0.151. The monoisotopic (exact) mass is 576 g/mol. The highest BCUT2D eigenvalue weighted by Crippen LogP contribution is 2.58. The van der Waals surface area contributed by atoms with Gasteiger partial charge in [-0.1, -0.05) is 0 Å². The van der Waals surface area contributed by atoms with Crippen molar-refractivity contribution >= 4 is 0 Å². The first-order valence-electron chi connectivity index (χ1n) is 9.64. The summed E-state index contributed by atoms with van der Waals surface area (Å²) in [6.45, 7) is 0.454. The molecule has 18 heteroatoms. The molecule has 4 unspecified atom stereocenters. The summed E-state index contributed by atoms with van der Waals surface area (Å²) in [5.74, 6) is -28.5. The second-order valence-electron chi connectivity index (χ2n) is 9.08. The zero-order valence-electron chi connectivity index (χ0n) is 18.2. The summed E-state index contributed by atoms with van der Waals surface area (Å²) in [6.07, 6.45) is -13.7. The second-order valence-corrected chi connectivity index (χ2v) is 9.08. The van der Waals surface area contributed by atoms with E-state index in [0.29, 0.717) is 0 Å². The van der Waals surface area contributed by atoms with Gasteiger partial charge in [0.2, 0.25) is 17.0 Å². The molecule has 0 heterocycles. The molecule has 3 rings (SSSR count). The maximum absolute atomic E-state index is 12.7. The molecule has 3 fully saturated rings. The van der Waals surface area contributed by atoms with Gasteiger partial charge in [0.15, 0.2) is 0 Å². The van der Waals surface area contributed by atoms with Crippen molar-refractivity contribution in [3.63, 3.8) is 0 Å². The van der Waals surface area contributed by atoms with Crippen LogP contribution in [0.4, 0.5) is 79.0 Å². The van der Waals surface area contributed by atoms with Gasteiger partial charge in [0.1, 0.15) is 18.5 Å². The highest BCUT2D eigenvalue weighted by Gasteiger charge is 2.79. The van der Waals surface area contributed by atoms with Crippen LogP contribution in [0.15, 0.2) is 0 Å². The van der Waals surface area contributed by atoms with E-state index in [4.69, 9.17) is 0 Å².